The maximum absolute atomic E-state index is 9.51. The lowest BCUT2D eigenvalue weighted by Gasteiger charge is -2.30. The van der Waals surface area contributed by atoms with Crippen LogP contribution in [0.4, 0.5) is 0 Å². The first-order valence-corrected chi connectivity index (χ1v) is 8.18. The van der Waals surface area contributed by atoms with Gasteiger partial charge in [-0.1, -0.05) is 6.08 Å². The fourth-order valence-corrected chi connectivity index (χ4v) is 3.99. The Bertz CT molecular complexity index is 420. The zero-order valence-electron chi connectivity index (χ0n) is 12.8. The van der Waals surface area contributed by atoms with Crippen LogP contribution < -0.4 is 0 Å². The molecule has 21 heavy (non-hydrogen) atoms. The minimum absolute atomic E-state index is 0.240. The molecule has 0 aromatic heterocycles. The third-order valence-electron chi connectivity index (χ3n) is 5.33. The predicted molar refractivity (Wildman–Crippen MR) is 78.4 cm³/mol. The van der Waals surface area contributed by atoms with Crippen molar-refractivity contribution in [1.29, 1.82) is 5.26 Å². The van der Waals surface area contributed by atoms with Gasteiger partial charge >= 0.3 is 0 Å². The normalized spacial score (nSPS) is 40.6. The molecule has 2 saturated carbocycles. The van der Waals surface area contributed by atoms with E-state index in [1.54, 1.807) is 7.11 Å². The molecule has 4 heteroatoms. The lowest BCUT2D eigenvalue weighted by molar-refractivity contribution is 0.0392. The summed E-state index contributed by atoms with van der Waals surface area (Å²) in [6.45, 7) is 0.442. The maximum atomic E-state index is 9.51. The molecular formula is C17H25NO3. The number of hydrogen-bond acceptors (Lipinski definition) is 4. The van der Waals surface area contributed by atoms with Gasteiger partial charge in [0.2, 0.25) is 0 Å². The first-order valence-electron chi connectivity index (χ1n) is 8.18. The van der Waals surface area contributed by atoms with Gasteiger partial charge in [0.1, 0.15) is 6.79 Å². The monoisotopic (exact) mass is 291 g/mol. The molecule has 0 bridgehead atoms. The van der Waals surface area contributed by atoms with E-state index in [1.807, 2.05) is 0 Å². The number of rotatable bonds is 3. The van der Waals surface area contributed by atoms with Gasteiger partial charge in [-0.3, -0.25) is 0 Å². The summed E-state index contributed by atoms with van der Waals surface area (Å²) in [6.07, 6.45) is 10.6. The van der Waals surface area contributed by atoms with E-state index in [0.29, 0.717) is 24.7 Å². The van der Waals surface area contributed by atoms with Gasteiger partial charge in [0.05, 0.1) is 24.4 Å². The van der Waals surface area contributed by atoms with Gasteiger partial charge in [0.25, 0.3) is 0 Å². The van der Waals surface area contributed by atoms with Crippen LogP contribution in [0, 0.1) is 23.2 Å². The first kappa shape index (κ1) is 15.0. The number of fused-ring (bicyclic) bond motifs is 1. The van der Waals surface area contributed by atoms with E-state index in [4.69, 9.17) is 14.2 Å². The van der Waals surface area contributed by atoms with E-state index in [1.165, 1.54) is 0 Å². The fourth-order valence-electron chi connectivity index (χ4n) is 3.99. The Kier molecular flexibility index (Phi) is 4.95. The van der Waals surface area contributed by atoms with E-state index in [-0.39, 0.29) is 12.2 Å². The molecule has 0 aromatic rings. The zero-order chi connectivity index (χ0) is 14.7. The van der Waals surface area contributed by atoms with Crippen LogP contribution in [0.15, 0.2) is 11.6 Å². The molecule has 1 heterocycles. The second-order valence-electron chi connectivity index (χ2n) is 6.54. The van der Waals surface area contributed by atoms with Crippen molar-refractivity contribution in [2.24, 2.45) is 11.8 Å². The molecule has 4 nitrogen and oxygen atoms in total. The maximum Gasteiger partial charge on any atom is 0.147 e. The number of methoxy groups -OCH3 is 1. The van der Waals surface area contributed by atoms with Crippen LogP contribution in [0.25, 0.3) is 0 Å². The molecule has 0 radical (unpaired) electrons. The average molecular weight is 291 g/mol. The molecule has 0 amide bonds. The van der Waals surface area contributed by atoms with Crippen LogP contribution in [-0.4, -0.2) is 32.2 Å². The molecule has 1 saturated heterocycles. The second kappa shape index (κ2) is 6.91. The summed E-state index contributed by atoms with van der Waals surface area (Å²) in [5.41, 5.74) is 0.993. The smallest absolute Gasteiger partial charge is 0.147 e. The summed E-state index contributed by atoms with van der Waals surface area (Å²) in [5, 5.41) is 9.51. The molecule has 3 aliphatic rings. The molecular weight excluding hydrogens is 266 g/mol. The quantitative estimate of drug-likeness (QED) is 0.749. The average Bonchev–Trinajstić information content (AvgIpc) is 3.00. The third-order valence-corrected chi connectivity index (χ3v) is 5.33. The van der Waals surface area contributed by atoms with Crippen molar-refractivity contribution in [2.45, 2.75) is 63.3 Å². The number of hydrogen-bond donors (Lipinski definition) is 0. The van der Waals surface area contributed by atoms with Gasteiger partial charge in [-0.05, 0) is 56.8 Å². The fraction of sp³-hybridized carbons (Fsp3) is 0.824. The molecule has 0 spiro atoms. The van der Waals surface area contributed by atoms with Crippen LogP contribution in [0.3, 0.4) is 0 Å². The first-order chi connectivity index (χ1) is 10.3. The van der Waals surface area contributed by atoms with Crippen molar-refractivity contribution in [1.82, 2.24) is 0 Å². The van der Waals surface area contributed by atoms with Crippen molar-refractivity contribution in [3.8, 4) is 6.07 Å². The van der Waals surface area contributed by atoms with E-state index >= 15 is 0 Å². The summed E-state index contributed by atoms with van der Waals surface area (Å²) < 4.78 is 16.6. The van der Waals surface area contributed by atoms with Gasteiger partial charge in [-0.2, -0.15) is 5.26 Å². The van der Waals surface area contributed by atoms with Crippen molar-refractivity contribution in [2.75, 3.05) is 13.9 Å². The summed E-state index contributed by atoms with van der Waals surface area (Å²) in [4.78, 5) is 0. The van der Waals surface area contributed by atoms with Crippen LogP contribution in [0.5, 0.6) is 0 Å². The predicted octanol–water partition coefficient (Wildman–Crippen LogP) is 3.18. The summed E-state index contributed by atoms with van der Waals surface area (Å²) in [7, 11) is 1.79. The van der Waals surface area contributed by atoms with Gasteiger partial charge in [-0.25, -0.2) is 0 Å². The highest BCUT2D eigenvalue weighted by Gasteiger charge is 2.35. The van der Waals surface area contributed by atoms with Crippen LogP contribution in [0.1, 0.15) is 44.9 Å². The largest absolute Gasteiger partial charge is 0.381 e. The molecule has 0 aromatic carbocycles. The highest BCUT2D eigenvalue weighted by molar-refractivity contribution is 5.25. The standard InChI is InChI=1S/C17H25NO3/c1-19-15-5-3-13(4-6-15)14(10-18)8-12-2-7-16-17(9-12)21-11-20-16/h8,12-13,15-17H,2-7,9,11H2,1H3. The van der Waals surface area contributed by atoms with Crippen molar-refractivity contribution in [3.05, 3.63) is 11.6 Å². The van der Waals surface area contributed by atoms with E-state index in [2.05, 4.69) is 12.1 Å². The van der Waals surface area contributed by atoms with Crippen molar-refractivity contribution >= 4 is 0 Å². The Morgan fingerprint density at radius 2 is 1.86 bits per heavy atom. The third kappa shape index (κ3) is 3.48. The topological polar surface area (TPSA) is 51.5 Å². The number of nitriles is 1. The Morgan fingerprint density at radius 1 is 1.10 bits per heavy atom. The molecule has 3 fully saturated rings. The van der Waals surface area contributed by atoms with Gasteiger partial charge in [-0.15, -0.1) is 0 Å². The SMILES string of the molecule is COC1CCC(C(C#N)=CC2CCC3OCOC3C2)CC1. The summed E-state index contributed by atoms with van der Waals surface area (Å²) in [6, 6.07) is 2.46. The lowest BCUT2D eigenvalue weighted by atomic mass is 9.79. The van der Waals surface area contributed by atoms with Crippen molar-refractivity contribution in [3.63, 3.8) is 0 Å². The molecule has 1 aliphatic heterocycles. The van der Waals surface area contributed by atoms with E-state index < -0.39 is 0 Å². The minimum Gasteiger partial charge on any atom is -0.381 e. The van der Waals surface area contributed by atoms with Crippen LogP contribution in [0.2, 0.25) is 0 Å². The summed E-state index contributed by atoms with van der Waals surface area (Å²) in [5.74, 6) is 0.905. The van der Waals surface area contributed by atoms with E-state index in [0.717, 1.165) is 50.5 Å². The molecule has 3 atom stereocenters. The van der Waals surface area contributed by atoms with E-state index in [9.17, 15) is 5.26 Å². The summed E-state index contributed by atoms with van der Waals surface area (Å²) >= 11 is 0. The van der Waals surface area contributed by atoms with Gasteiger partial charge in [0, 0.05) is 12.7 Å². The second-order valence-corrected chi connectivity index (χ2v) is 6.54. The number of allylic oxidation sites excluding steroid dienone is 2. The highest BCUT2D eigenvalue weighted by atomic mass is 16.7. The molecule has 3 unspecified atom stereocenters. The van der Waals surface area contributed by atoms with Gasteiger partial charge in [0.15, 0.2) is 0 Å². The Balaban J connectivity index is 1.59. The lowest BCUT2D eigenvalue weighted by Crippen LogP contribution is -2.30. The Morgan fingerprint density at radius 3 is 2.57 bits per heavy atom. The van der Waals surface area contributed by atoms with Crippen LogP contribution >= 0.6 is 0 Å². The van der Waals surface area contributed by atoms with Crippen LogP contribution in [-0.2, 0) is 14.2 Å². The zero-order valence-corrected chi connectivity index (χ0v) is 12.8. The molecule has 3 rings (SSSR count). The molecule has 0 N–H and O–H groups in total. The number of nitrogens with zero attached hydrogens (tertiary/aromatic N) is 1. The minimum atomic E-state index is 0.240. The van der Waals surface area contributed by atoms with Crippen molar-refractivity contribution < 1.29 is 14.2 Å². The molecule has 116 valence electrons. The molecule has 2 aliphatic carbocycles. The highest BCUT2D eigenvalue weighted by Crippen LogP contribution is 2.36. The van der Waals surface area contributed by atoms with Gasteiger partial charge < -0.3 is 14.2 Å². The Hall–Kier alpha value is -0.890. The number of ether oxygens (including phenoxy) is 3. The Labute approximate surface area is 127 Å².